The van der Waals surface area contributed by atoms with Crippen LogP contribution in [0.2, 0.25) is 0 Å². The summed E-state index contributed by atoms with van der Waals surface area (Å²) >= 11 is 0. The van der Waals surface area contributed by atoms with E-state index in [4.69, 9.17) is 9.47 Å². The Kier molecular flexibility index (Phi) is 4.37. The highest BCUT2D eigenvalue weighted by Gasteiger charge is 2.13. The van der Waals surface area contributed by atoms with E-state index < -0.39 is 0 Å². The number of para-hydroxylation sites is 1. The van der Waals surface area contributed by atoms with Crippen LogP contribution in [-0.2, 0) is 6.54 Å². The lowest BCUT2D eigenvalue weighted by Gasteiger charge is -2.10. The van der Waals surface area contributed by atoms with Crippen molar-refractivity contribution in [3.05, 3.63) is 53.3 Å². The number of aryl methyl sites for hydroxylation is 1. The van der Waals surface area contributed by atoms with E-state index in [0.29, 0.717) is 29.1 Å². The topological polar surface area (TPSA) is 76.2 Å². The first-order valence-electron chi connectivity index (χ1n) is 7.57. The minimum atomic E-state index is -0.165. The molecule has 0 aliphatic carbocycles. The number of carbonyl (C=O) groups excluding carboxylic acids is 1. The van der Waals surface area contributed by atoms with Gasteiger partial charge in [0.05, 0.1) is 25.3 Å². The van der Waals surface area contributed by atoms with Crippen LogP contribution in [0.15, 0.2) is 36.4 Å². The normalized spacial score (nSPS) is 10.6. The summed E-state index contributed by atoms with van der Waals surface area (Å²) in [6.45, 7) is 2.25. The van der Waals surface area contributed by atoms with Crippen LogP contribution < -0.4 is 14.8 Å². The van der Waals surface area contributed by atoms with Gasteiger partial charge in [-0.2, -0.15) is 0 Å². The first kappa shape index (κ1) is 15.9. The molecule has 0 aliphatic rings. The fraction of sp³-hybridized carbons (Fsp3) is 0.222. The van der Waals surface area contributed by atoms with E-state index in [2.05, 4.69) is 15.3 Å². The molecular formula is C18H19N3O3. The van der Waals surface area contributed by atoms with E-state index in [-0.39, 0.29) is 5.91 Å². The molecule has 2 N–H and O–H groups in total. The minimum absolute atomic E-state index is 0.165. The van der Waals surface area contributed by atoms with E-state index in [1.54, 1.807) is 20.3 Å². The third kappa shape index (κ3) is 3.03. The lowest BCUT2D eigenvalue weighted by molar-refractivity contribution is 0.0952. The van der Waals surface area contributed by atoms with E-state index in [0.717, 1.165) is 16.9 Å². The van der Waals surface area contributed by atoms with Crippen LogP contribution in [0.5, 0.6) is 11.5 Å². The molecule has 3 rings (SSSR count). The van der Waals surface area contributed by atoms with Crippen LogP contribution in [0.3, 0.4) is 0 Å². The zero-order chi connectivity index (χ0) is 17.1. The SMILES string of the molecule is COc1ccc(CNC(=O)c2cccc3[nH]c(C)nc23)cc1OC. The van der Waals surface area contributed by atoms with Gasteiger partial charge in [-0.05, 0) is 36.8 Å². The van der Waals surface area contributed by atoms with Gasteiger partial charge in [-0.3, -0.25) is 4.79 Å². The Morgan fingerprint density at radius 2 is 1.96 bits per heavy atom. The van der Waals surface area contributed by atoms with Gasteiger partial charge in [-0.25, -0.2) is 4.98 Å². The van der Waals surface area contributed by atoms with Crippen LogP contribution >= 0.6 is 0 Å². The Bertz CT molecular complexity index is 886. The number of methoxy groups -OCH3 is 2. The number of amides is 1. The highest BCUT2D eigenvalue weighted by Crippen LogP contribution is 2.27. The number of aromatic nitrogens is 2. The van der Waals surface area contributed by atoms with Crippen LogP contribution in [0, 0.1) is 6.92 Å². The van der Waals surface area contributed by atoms with Gasteiger partial charge in [0.2, 0.25) is 0 Å². The van der Waals surface area contributed by atoms with Crippen LogP contribution in [0.1, 0.15) is 21.7 Å². The van der Waals surface area contributed by atoms with Gasteiger partial charge in [-0.1, -0.05) is 12.1 Å². The van der Waals surface area contributed by atoms with E-state index >= 15 is 0 Å². The minimum Gasteiger partial charge on any atom is -0.493 e. The molecule has 0 aliphatic heterocycles. The lowest BCUT2D eigenvalue weighted by atomic mass is 10.1. The molecule has 0 fully saturated rings. The number of benzene rings is 2. The summed E-state index contributed by atoms with van der Waals surface area (Å²) in [5.41, 5.74) is 3.01. The van der Waals surface area contributed by atoms with Gasteiger partial charge in [0.1, 0.15) is 11.3 Å². The third-order valence-electron chi connectivity index (χ3n) is 3.78. The molecule has 0 spiro atoms. The Hall–Kier alpha value is -3.02. The average molecular weight is 325 g/mol. The molecule has 124 valence electrons. The lowest BCUT2D eigenvalue weighted by Crippen LogP contribution is -2.23. The van der Waals surface area contributed by atoms with Crippen molar-refractivity contribution in [2.45, 2.75) is 13.5 Å². The molecule has 0 unspecified atom stereocenters. The molecular weight excluding hydrogens is 306 g/mol. The third-order valence-corrected chi connectivity index (χ3v) is 3.78. The summed E-state index contributed by atoms with van der Waals surface area (Å²) in [5, 5.41) is 2.92. The molecule has 1 heterocycles. The van der Waals surface area contributed by atoms with Gasteiger partial charge in [0, 0.05) is 6.54 Å². The number of rotatable bonds is 5. The highest BCUT2D eigenvalue weighted by atomic mass is 16.5. The number of H-pyrrole nitrogens is 1. The summed E-state index contributed by atoms with van der Waals surface area (Å²) in [6, 6.07) is 11.1. The predicted octanol–water partition coefficient (Wildman–Crippen LogP) is 2.82. The number of carbonyl (C=O) groups is 1. The van der Waals surface area contributed by atoms with Gasteiger partial charge < -0.3 is 19.8 Å². The number of ether oxygens (including phenoxy) is 2. The van der Waals surface area contributed by atoms with Gasteiger partial charge >= 0.3 is 0 Å². The first-order chi connectivity index (χ1) is 11.6. The summed E-state index contributed by atoms with van der Waals surface area (Å²) in [5.74, 6) is 1.91. The van der Waals surface area contributed by atoms with E-state index in [1.807, 2.05) is 37.3 Å². The number of nitrogens with one attached hydrogen (secondary N) is 2. The van der Waals surface area contributed by atoms with Crippen molar-refractivity contribution in [1.29, 1.82) is 0 Å². The van der Waals surface area contributed by atoms with Crippen molar-refractivity contribution in [2.75, 3.05) is 14.2 Å². The van der Waals surface area contributed by atoms with E-state index in [9.17, 15) is 4.79 Å². The molecule has 2 aromatic carbocycles. The monoisotopic (exact) mass is 325 g/mol. The molecule has 0 radical (unpaired) electrons. The average Bonchev–Trinajstić information content (AvgIpc) is 2.99. The van der Waals surface area contributed by atoms with Crippen molar-refractivity contribution < 1.29 is 14.3 Å². The number of nitrogens with zero attached hydrogens (tertiary/aromatic N) is 1. The molecule has 1 aromatic heterocycles. The first-order valence-corrected chi connectivity index (χ1v) is 7.57. The molecule has 0 saturated heterocycles. The number of hydrogen-bond acceptors (Lipinski definition) is 4. The maximum absolute atomic E-state index is 12.5. The maximum atomic E-state index is 12.5. The van der Waals surface area contributed by atoms with Crippen molar-refractivity contribution in [2.24, 2.45) is 0 Å². The van der Waals surface area contributed by atoms with Crippen LogP contribution in [0.25, 0.3) is 11.0 Å². The second-order valence-electron chi connectivity index (χ2n) is 5.40. The molecule has 0 bridgehead atoms. The van der Waals surface area contributed by atoms with Crippen LogP contribution in [-0.4, -0.2) is 30.1 Å². The molecule has 1 amide bonds. The Balaban J connectivity index is 1.77. The number of fused-ring (bicyclic) bond motifs is 1. The highest BCUT2D eigenvalue weighted by molar-refractivity contribution is 6.04. The zero-order valence-corrected chi connectivity index (χ0v) is 13.8. The van der Waals surface area contributed by atoms with Crippen molar-refractivity contribution >= 4 is 16.9 Å². The molecule has 0 atom stereocenters. The predicted molar refractivity (Wildman–Crippen MR) is 91.5 cm³/mol. The number of hydrogen-bond donors (Lipinski definition) is 2. The second-order valence-corrected chi connectivity index (χ2v) is 5.40. The summed E-state index contributed by atoms with van der Waals surface area (Å²) < 4.78 is 10.5. The zero-order valence-electron chi connectivity index (χ0n) is 13.8. The molecule has 0 saturated carbocycles. The van der Waals surface area contributed by atoms with E-state index in [1.165, 1.54) is 0 Å². The Morgan fingerprint density at radius 3 is 2.71 bits per heavy atom. The fourth-order valence-electron chi connectivity index (χ4n) is 2.61. The molecule has 24 heavy (non-hydrogen) atoms. The molecule has 6 nitrogen and oxygen atoms in total. The number of aromatic amines is 1. The summed E-state index contributed by atoms with van der Waals surface area (Å²) in [4.78, 5) is 20.0. The van der Waals surface area contributed by atoms with Crippen molar-refractivity contribution in [3.8, 4) is 11.5 Å². The number of imidazole rings is 1. The fourth-order valence-corrected chi connectivity index (χ4v) is 2.61. The smallest absolute Gasteiger partial charge is 0.253 e. The summed E-state index contributed by atoms with van der Waals surface area (Å²) in [7, 11) is 3.17. The molecule has 6 heteroatoms. The van der Waals surface area contributed by atoms with Crippen LogP contribution in [0.4, 0.5) is 0 Å². The Morgan fingerprint density at radius 1 is 1.17 bits per heavy atom. The largest absolute Gasteiger partial charge is 0.493 e. The quantitative estimate of drug-likeness (QED) is 0.756. The van der Waals surface area contributed by atoms with Crippen molar-refractivity contribution in [3.63, 3.8) is 0 Å². The van der Waals surface area contributed by atoms with Crippen molar-refractivity contribution in [1.82, 2.24) is 15.3 Å². The van der Waals surface area contributed by atoms with Gasteiger partial charge in [-0.15, -0.1) is 0 Å². The Labute approximate surface area is 139 Å². The van der Waals surface area contributed by atoms with Gasteiger partial charge in [0.15, 0.2) is 11.5 Å². The maximum Gasteiger partial charge on any atom is 0.253 e. The summed E-state index contributed by atoms with van der Waals surface area (Å²) in [6.07, 6.45) is 0. The standard InChI is InChI=1S/C18H19N3O3/c1-11-20-14-6-4-5-13(17(14)21-11)18(22)19-10-12-7-8-15(23-2)16(9-12)24-3/h4-9H,10H2,1-3H3,(H,19,22)(H,20,21). The second kappa shape index (κ2) is 6.62. The van der Waals surface area contributed by atoms with Gasteiger partial charge in [0.25, 0.3) is 5.91 Å². The molecule has 3 aromatic rings.